The first-order valence-corrected chi connectivity index (χ1v) is 6.34. The third kappa shape index (κ3) is 6.78. The second-order valence-electron chi connectivity index (χ2n) is 4.26. The summed E-state index contributed by atoms with van der Waals surface area (Å²) in [5.41, 5.74) is 1.22. The molecule has 1 radical (unpaired) electrons. The van der Waals surface area contributed by atoms with Crippen molar-refractivity contribution >= 4 is 23.1 Å². The molecule has 0 aromatic heterocycles. The van der Waals surface area contributed by atoms with Gasteiger partial charge in [0.1, 0.15) is 0 Å². The number of rotatable bonds is 4. The van der Waals surface area contributed by atoms with Crippen LogP contribution in [0.15, 0.2) is 73.8 Å². The molecule has 2 aromatic carbocycles. The summed E-state index contributed by atoms with van der Waals surface area (Å²) < 4.78 is 0. The van der Waals surface area contributed by atoms with Crippen molar-refractivity contribution < 1.29 is 36.9 Å². The van der Waals surface area contributed by atoms with Crippen molar-refractivity contribution in [1.29, 1.82) is 0 Å². The second-order valence-corrected chi connectivity index (χ2v) is 4.26. The van der Waals surface area contributed by atoms with Gasteiger partial charge >= 0.3 is 17.1 Å². The van der Waals surface area contributed by atoms with Crippen LogP contribution in [0.1, 0.15) is 11.1 Å². The van der Waals surface area contributed by atoms with E-state index in [9.17, 15) is 19.8 Å². The first-order valence-electron chi connectivity index (χ1n) is 6.34. The van der Waals surface area contributed by atoms with E-state index in [1.54, 1.807) is 48.5 Å². The van der Waals surface area contributed by atoms with Crippen molar-refractivity contribution in [3.05, 3.63) is 84.9 Å². The van der Waals surface area contributed by atoms with Crippen LogP contribution in [0.25, 0.3) is 11.1 Å². The van der Waals surface area contributed by atoms with Crippen LogP contribution in [0.4, 0.5) is 0 Å². The Morgan fingerprint density at radius 3 is 1.13 bits per heavy atom. The Hall–Kier alpha value is -2.62. The molecule has 4 nitrogen and oxygen atoms in total. The zero-order valence-corrected chi connectivity index (χ0v) is 13.1. The molecule has 2 aromatic rings. The minimum atomic E-state index is -1.23. The van der Waals surface area contributed by atoms with E-state index in [4.69, 9.17) is 0 Å². The molecule has 0 heterocycles. The molecule has 121 valence electrons. The van der Waals surface area contributed by atoms with Crippen LogP contribution in [0.5, 0.6) is 0 Å². The van der Waals surface area contributed by atoms with Crippen molar-refractivity contribution in [3.63, 3.8) is 0 Å². The summed E-state index contributed by atoms with van der Waals surface area (Å²) >= 11 is 0. The first kappa shape index (κ1) is 20.4. The van der Waals surface area contributed by atoms with Crippen molar-refractivity contribution in [2.45, 2.75) is 0 Å². The van der Waals surface area contributed by atoms with Crippen LogP contribution in [0.2, 0.25) is 0 Å². The maximum atomic E-state index is 10.3. The van der Waals surface area contributed by atoms with Gasteiger partial charge < -0.3 is 19.8 Å². The third-order valence-corrected chi connectivity index (χ3v) is 2.74. The van der Waals surface area contributed by atoms with E-state index in [0.29, 0.717) is 11.1 Å². The predicted octanol–water partition coefficient (Wildman–Crippen LogP) is 0.897. The van der Waals surface area contributed by atoms with Gasteiger partial charge in [0.05, 0.1) is 11.9 Å². The molecule has 0 bridgehead atoms. The first-order chi connectivity index (χ1) is 10.4. The number of hydrogen-bond donors (Lipinski definition) is 0. The Labute approximate surface area is 145 Å². The summed E-state index contributed by atoms with van der Waals surface area (Å²) in [7, 11) is 0. The molecule has 0 atom stereocenters. The van der Waals surface area contributed by atoms with E-state index in [-0.39, 0.29) is 28.2 Å². The minimum absolute atomic E-state index is 0. The molecular formula is C18H14CuO4. The Morgan fingerprint density at radius 2 is 0.913 bits per heavy atom. The Morgan fingerprint density at radius 1 is 0.652 bits per heavy atom. The molecule has 0 fully saturated rings. The van der Waals surface area contributed by atoms with Crippen LogP contribution in [0, 0.1) is 0 Å². The summed E-state index contributed by atoms with van der Waals surface area (Å²) in [6.07, 6.45) is 0. The number of carboxylic acid groups (broad SMARTS) is 2. The summed E-state index contributed by atoms with van der Waals surface area (Å²) in [5, 5.41) is 20.6. The molecule has 0 spiro atoms. The minimum Gasteiger partial charge on any atom is -0.545 e. The molecule has 0 aliphatic carbocycles. The van der Waals surface area contributed by atoms with Crippen LogP contribution in [0.3, 0.4) is 0 Å². The SMILES string of the molecule is C=C(C(=O)[O-])c1ccccc1.C=C(C(=O)[O-])c1ccccc1.[Cu+2]. The predicted molar refractivity (Wildman–Crippen MR) is 81.0 cm³/mol. The van der Waals surface area contributed by atoms with Gasteiger partial charge in [-0.1, -0.05) is 73.8 Å². The zero-order chi connectivity index (χ0) is 16.5. The number of carbonyl (C=O) groups excluding carboxylic acids is 2. The van der Waals surface area contributed by atoms with Gasteiger partial charge in [-0.15, -0.1) is 0 Å². The van der Waals surface area contributed by atoms with Crippen molar-refractivity contribution in [2.75, 3.05) is 0 Å². The summed E-state index contributed by atoms with van der Waals surface area (Å²) in [6, 6.07) is 17.4. The van der Waals surface area contributed by atoms with Crippen molar-refractivity contribution in [3.8, 4) is 0 Å². The Bertz CT molecular complexity index is 617. The number of hydrogen-bond acceptors (Lipinski definition) is 4. The number of carboxylic acids is 2. The normalized spacial score (nSPS) is 8.70. The van der Waals surface area contributed by atoms with E-state index in [1.165, 1.54) is 0 Å². The van der Waals surface area contributed by atoms with Crippen LogP contribution in [-0.2, 0) is 26.7 Å². The smallest absolute Gasteiger partial charge is 0.545 e. The average molecular weight is 358 g/mol. The Balaban J connectivity index is 0.000000403. The van der Waals surface area contributed by atoms with E-state index in [1.807, 2.05) is 12.1 Å². The molecule has 0 aliphatic rings. The van der Waals surface area contributed by atoms with Crippen molar-refractivity contribution in [1.82, 2.24) is 0 Å². The van der Waals surface area contributed by atoms with E-state index < -0.39 is 11.9 Å². The third-order valence-electron chi connectivity index (χ3n) is 2.74. The molecule has 0 aliphatic heterocycles. The van der Waals surface area contributed by atoms with Gasteiger partial charge in [-0.05, 0) is 22.3 Å². The molecule has 2 rings (SSSR count). The van der Waals surface area contributed by atoms with Gasteiger partial charge in [0.15, 0.2) is 0 Å². The number of aliphatic carboxylic acids is 2. The van der Waals surface area contributed by atoms with E-state index in [0.717, 1.165) is 0 Å². The van der Waals surface area contributed by atoms with Crippen LogP contribution >= 0.6 is 0 Å². The van der Waals surface area contributed by atoms with Gasteiger partial charge in [0.25, 0.3) is 0 Å². The number of carbonyl (C=O) groups is 2. The Kier molecular flexibility index (Phi) is 9.01. The summed E-state index contributed by atoms with van der Waals surface area (Å²) in [6.45, 7) is 6.72. The van der Waals surface area contributed by atoms with Gasteiger partial charge in [0, 0.05) is 0 Å². The molecule has 0 amide bonds. The molecule has 0 saturated carbocycles. The molecule has 23 heavy (non-hydrogen) atoms. The van der Waals surface area contributed by atoms with Gasteiger partial charge in [-0.25, -0.2) is 0 Å². The maximum Gasteiger partial charge on any atom is 2.00 e. The van der Waals surface area contributed by atoms with E-state index >= 15 is 0 Å². The zero-order valence-electron chi connectivity index (χ0n) is 12.1. The molecular weight excluding hydrogens is 344 g/mol. The summed E-state index contributed by atoms with van der Waals surface area (Å²) in [5.74, 6) is -2.45. The van der Waals surface area contributed by atoms with Gasteiger partial charge in [-0.3, -0.25) is 0 Å². The number of benzene rings is 2. The maximum absolute atomic E-state index is 10.3. The largest absolute Gasteiger partial charge is 2.00 e. The molecule has 0 saturated heterocycles. The van der Waals surface area contributed by atoms with Gasteiger partial charge in [0.2, 0.25) is 0 Å². The van der Waals surface area contributed by atoms with Gasteiger partial charge in [-0.2, -0.15) is 0 Å². The quantitative estimate of drug-likeness (QED) is 0.601. The average Bonchev–Trinajstić information content (AvgIpc) is 2.55. The van der Waals surface area contributed by atoms with Crippen molar-refractivity contribution in [2.24, 2.45) is 0 Å². The molecule has 0 N–H and O–H groups in total. The fourth-order valence-electron chi connectivity index (χ4n) is 1.51. The summed E-state index contributed by atoms with van der Waals surface area (Å²) in [4.78, 5) is 20.6. The molecule has 0 unspecified atom stereocenters. The topological polar surface area (TPSA) is 80.3 Å². The fraction of sp³-hybridized carbons (Fsp3) is 0. The molecule has 5 heteroatoms. The second kappa shape index (κ2) is 10.2. The monoisotopic (exact) mass is 357 g/mol. The van der Waals surface area contributed by atoms with Crippen LogP contribution < -0.4 is 10.2 Å². The van der Waals surface area contributed by atoms with E-state index in [2.05, 4.69) is 13.2 Å². The van der Waals surface area contributed by atoms with Crippen LogP contribution in [-0.4, -0.2) is 11.9 Å². The fourth-order valence-corrected chi connectivity index (χ4v) is 1.51. The standard InChI is InChI=1S/2C9H8O2.Cu/c2*1-7(9(10)11)8-5-3-2-4-6-8;/h2*2-6H,1H2,(H,10,11);/q;;+2/p-2.